The quantitative estimate of drug-likeness (QED) is 0.0323. The van der Waals surface area contributed by atoms with Gasteiger partial charge in [0.25, 0.3) is 0 Å². The van der Waals surface area contributed by atoms with Gasteiger partial charge in [-0.25, -0.2) is 0 Å². The smallest absolute Gasteiger partial charge is 0.305 e. The lowest BCUT2D eigenvalue weighted by Crippen LogP contribution is -2.45. The second-order valence-electron chi connectivity index (χ2n) is 17.5. The third-order valence-corrected chi connectivity index (χ3v) is 11.8. The fourth-order valence-electron chi connectivity index (χ4n) is 7.87. The molecule has 57 heavy (non-hydrogen) atoms. The summed E-state index contributed by atoms with van der Waals surface area (Å²) < 4.78 is 5.46. The molecule has 0 rings (SSSR count). The highest BCUT2D eigenvalue weighted by Gasteiger charge is 2.18. The van der Waals surface area contributed by atoms with Crippen LogP contribution >= 0.6 is 0 Å². The minimum absolute atomic E-state index is 0.00799. The van der Waals surface area contributed by atoms with Gasteiger partial charge in [-0.05, 0) is 32.1 Å². The number of esters is 1. The molecule has 0 aliphatic heterocycles. The first-order valence-corrected chi connectivity index (χ1v) is 25.5. The van der Waals surface area contributed by atoms with Crippen LogP contribution in [-0.2, 0) is 14.3 Å². The van der Waals surface area contributed by atoms with Crippen molar-refractivity contribution < 1.29 is 24.5 Å². The van der Waals surface area contributed by atoms with Crippen molar-refractivity contribution in [3.05, 3.63) is 12.2 Å². The summed E-state index contributed by atoms with van der Waals surface area (Å²) in [7, 11) is 0. The van der Waals surface area contributed by atoms with Crippen LogP contribution in [0.4, 0.5) is 0 Å². The summed E-state index contributed by atoms with van der Waals surface area (Å²) in [5.41, 5.74) is 0. The molecule has 6 nitrogen and oxygen atoms in total. The van der Waals surface area contributed by atoms with Gasteiger partial charge in [-0.2, -0.15) is 0 Å². The Morgan fingerprint density at radius 2 is 0.807 bits per heavy atom. The first-order valence-electron chi connectivity index (χ1n) is 25.5. The van der Waals surface area contributed by atoms with Crippen LogP contribution in [0.5, 0.6) is 0 Å². The fourth-order valence-corrected chi connectivity index (χ4v) is 7.87. The summed E-state index contributed by atoms with van der Waals surface area (Å²) in [6, 6.07) is -0.637. The van der Waals surface area contributed by atoms with Crippen LogP contribution in [0.3, 0.4) is 0 Å². The van der Waals surface area contributed by atoms with Gasteiger partial charge in [0.15, 0.2) is 0 Å². The van der Waals surface area contributed by atoms with Gasteiger partial charge < -0.3 is 20.3 Å². The van der Waals surface area contributed by atoms with Gasteiger partial charge in [-0.15, -0.1) is 0 Å². The number of hydrogen-bond donors (Lipinski definition) is 3. The summed E-state index contributed by atoms with van der Waals surface area (Å²) in [4.78, 5) is 24.4. The lowest BCUT2D eigenvalue weighted by molar-refractivity contribution is -0.143. The SMILES string of the molecule is CCCCCCCCCCCCC/C=C/C(O)C(CO)NC(=O)CCCCCCCCCCCCCCOC(=O)CCCCCCCCCCCCCCCCC. The molecular formula is C51H99NO5. The normalized spacial score (nSPS) is 12.7. The highest BCUT2D eigenvalue weighted by molar-refractivity contribution is 5.76. The number of aliphatic hydroxyl groups excluding tert-OH is 2. The number of aliphatic hydroxyl groups is 2. The molecule has 2 unspecified atom stereocenters. The topological polar surface area (TPSA) is 95.9 Å². The summed E-state index contributed by atoms with van der Waals surface area (Å²) in [5, 5.41) is 23.0. The number of allylic oxidation sites excluding steroid dienone is 1. The van der Waals surface area contributed by atoms with Gasteiger partial charge >= 0.3 is 5.97 Å². The average Bonchev–Trinajstić information content (AvgIpc) is 3.21. The maximum Gasteiger partial charge on any atom is 0.305 e. The second kappa shape index (κ2) is 47.3. The van der Waals surface area contributed by atoms with Gasteiger partial charge in [0, 0.05) is 12.8 Å². The largest absolute Gasteiger partial charge is 0.466 e. The van der Waals surface area contributed by atoms with Gasteiger partial charge in [0.05, 0.1) is 25.4 Å². The minimum atomic E-state index is -0.852. The summed E-state index contributed by atoms with van der Waals surface area (Å²) >= 11 is 0. The molecule has 0 bridgehead atoms. The van der Waals surface area contributed by atoms with Crippen molar-refractivity contribution in [2.75, 3.05) is 13.2 Å². The van der Waals surface area contributed by atoms with Crippen molar-refractivity contribution in [3.63, 3.8) is 0 Å². The molecule has 0 saturated carbocycles. The lowest BCUT2D eigenvalue weighted by atomic mass is 10.0. The van der Waals surface area contributed by atoms with Gasteiger partial charge in [-0.1, -0.05) is 244 Å². The van der Waals surface area contributed by atoms with E-state index in [1.165, 1.54) is 193 Å². The maximum absolute atomic E-state index is 12.4. The number of unbranched alkanes of at least 4 members (excludes halogenated alkanes) is 36. The van der Waals surface area contributed by atoms with Crippen molar-refractivity contribution >= 4 is 11.9 Å². The monoisotopic (exact) mass is 806 g/mol. The van der Waals surface area contributed by atoms with E-state index in [0.717, 1.165) is 57.8 Å². The Bertz CT molecular complexity index is 847. The van der Waals surface area contributed by atoms with Gasteiger partial charge in [0.1, 0.15) is 0 Å². The third-order valence-electron chi connectivity index (χ3n) is 11.8. The Kier molecular flexibility index (Phi) is 46.1. The van der Waals surface area contributed by atoms with Crippen molar-refractivity contribution in [2.45, 2.75) is 289 Å². The van der Waals surface area contributed by atoms with E-state index in [1.54, 1.807) is 6.08 Å². The predicted octanol–water partition coefficient (Wildman–Crippen LogP) is 15.0. The maximum atomic E-state index is 12.4. The number of carbonyl (C=O) groups is 2. The average molecular weight is 806 g/mol. The van der Waals surface area contributed by atoms with Crippen LogP contribution in [0, 0.1) is 0 Å². The van der Waals surface area contributed by atoms with Gasteiger partial charge in [-0.3, -0.25) is 9.59 Å². The minimum Gasteiger partial charge on any atom is -0.466 e. The Morgan fingerprint density at radius 3 is 1.19 bits per heavy atom. The molecule has 0 aromatic carbocycles. The first-order chi connectivity index (χ1) is 28.0. The fraction of sp³-hybridized carbons (Fsp3) is 0.922. The number of hydrogen-bond acceptors (Lipinski definition) is 5. The molecule has 1 amide bonds. The molecule has 3 N–H and O–H groups in total. The Labute approximate surface area is 355 Å². The molecule has 0 spiro atoms. The van der Waals surface area contributed by atoms with E-state index >= 15 is 0 Å². The zero-order chi connectivity index (χ0) is 41.5. The van der Waals surface area contributed by atoms with E-state index in [-0.39, 0.29) is 18.5 Å². The van der Waals surface area contributed by atoms with Crippen LogP contribution in [0.25, 0.3) is 0 Å². The first kappa shape index (κ1) is 55.6. The predicted molar refractivity (Wildman–Crippen MR) is 246 cm³/mol. The molecule has 0 aliphatic carbocycles. The van der Waals surface area contributed by atoms with Crippen LogP contribution < -0.4 is 5.32 Å². The summed E-state index contributed by atoms with van der Waals surface area (Å²) in [6.07, 6.45) is 53.5. The lowest BCUT2D eigenvalue weighted by Gasteiger charge is -2.20. The Hall–Kier alpha value is -1.40. The van der Waals surface area contributed by atoms with E-state index in [0.29, 0.717) is 19.4 Å². The summed E-state index contributed by atoms with van der Waals surface area (Å²) in [6.45, 7) is 4.87. The molecular weight excluding hydrogens is 707 g/mol. The molecule has 0 aromatic heterocycles. The zero-order valence-electron chi connectivity index (χ0n) is 38.3. The number of amides is 1. The molecule has 0 radical (unpaired) electrons. The third kappa shape index (κ3) is 44.0. The van der Waals surface area contributed by atoms with E-state index in [1.807, 2.05) is 6.08 Å². The van der Waals surface area contributed by atoms with Crippen LogP contribution in [0.2, 0.25) is 0 Å². The number of rotatable bonds is 47. The second-order valence-corrected chi connectivity index (χ2v) is 17.5. The van der Waals surface area contributed by atoms with Gasteiger partial charge in [0.2, 0.25) is 5.91 Å². The van der Waals surface area contributed by atoms with Crippen molar-refractivity contribution in [1.29, 1.82) is 0 Å². The van der Waals surface area contributed by atoms with Crippen molar-refractivity contribution in [1.82, 2.24) is 5.32 Å². The van der Waals surface area contributed by atoms with Crippen molar-refractivity contribution in [2.24, 2.45) is 0 Å². The van der Waals surface area contributed by atoms with Crippen LogP contribution in [-0.4, -0.2) is 47.4 Å². The molecule has 0 aromatic rings. The van der Waals surface area contributed by atoms with E-state index in [2.05, 4.69) is 19.2 Å². The highest BCUT2D eigenvalue weighted by atomic mass is 16.5. The molecule has 338 valence electrons. The Balaban J connectivity index is 3.47. The molecule has 2 atom stereocenters. The van der Waals surface area contributed by atoms with Crippen LogP contribution in [0.15, 0.2) is 12.2 Å². The summed E-state index contributed by atoms with van der Waals surface area (Å²) in [5.74, 6) is -0.0909. The number of ether oxygens (including phenoxy) is 1. The highest BCUT2D eigenvalue weighted by Crippen LogP contribution is 2.16. The van der Waals surface area contributed by atoms with E-state index in [4.69, 9.17) is 4.74 Å². The number of carbonyl (C=O) groups excluding carboxylic acids is 2. The van der Waals surface area contributed by atoms with Crippen LogP contribution in [0.1, 0.15) is 277 Å². The van der Waals surface area contributed by atoms with Crippen molar-refractivity contribution in [3.8, 4) is 0 Å². The molecule has 0 fully saturated rings. The van der Waals surface area contributed by atoms with E-state index < -0.39 is 12.1 Å². The van der Waals surface area contributed by atoms with E-state index in [9.17, 15) is 19.8 Å². The molecule has 6 heteroatoms. The standard InChI is InChI=1S/C51H99NO5/c1-3-5-7-9-11-13-15-17-18-20-25-29-33-37-41-45-51(56)57-46-42-38-34-30-26-22-21-24-28-32-36-40-44-50(55)52-48(47-53)49(54)43-39-35-31-27-23-19-16-14-12-10-8-6-4-2/h39,43,48-49,53-54H,3-38,40-42,44-47H2,1-2H3,(H,52,55)/b43-39+. The Morgan fingerprint density at radius 1 is 0.474 bits per heavy atom. The molecule has 0 heterocycles. The molecule has 0 saturated heterocycles. The zero-order valence-corrected chi connectivity index (χ0v) is 38.3. The molecule has 0 aliphatic rings. The number of nitrogens with one attached hydrogen (secondary N) is 1.